The van der Waals surface area contributed by atoms with Crippen molar-refractivity contribution in [3.05, 3.63) is 92.9 Å². The minimum Gasteiger partial charge on any atom is -0.258 e. The Morgan fingerprint density at radius 3 is 2.43 bits per heavy atom. The predicted octanol–water partition coefficient (Wildman–Crippen LogP) is 6.62. The molecule has 1 heterocycles. The summed E-state index contributed by atoms with van der Waals surface area (Å²) in [5, 5.41) is 20.8. The number of hydrogen-bond acceptors (Lipinski definition) is 4. The highest BCUT2D eigenvalue weighted by Crippen LogP contribution is 2.43. The number of fused-ring (bicyclic) bond motifs is 1. The molecule has 0 saturated carbocycles. The minimum absolute atomic E-state index is 0.00924. The van der Waals surface area contributed by atoms with Crippen LogP contribution in [0.2, 0.25) is 0 Å². The molecule has 28 heavy (non-hydrogen) atoms. The second-order valence-corrected chi connectivity index (χ2v) is 8.66. The third-order valence-corrected chi connectivity index (χ3v) is 5.25. The van der Waals surface area contributed by atoms with E-state index in [-0.39, 0.29) is 11.1 Å². The Bertz CT molecular complexity index is 1050. The molecule has 1 aliphatic rings. The van der Waals surface area contributed by atoms with Gasteiger partial charge in [0.25, 0.3) is 5.69 Å². The molecule has 0 saturated heterocycles. The largest absolute Gasteiger partial charge is 0.269 e. The van der Waals surface area contributed by atoms with Crippen molar-refractivity contribution in [2.75, 3.05) is 0 Å². The smallest absolute Gasteiger partial charge is 0.258 e. The predicted molar refractivity (Wildman–Crippen MR) is 115 cm³/mol. The van der Waals surface area contributed by atoms with E-state index in [0.717, 1.165) is 20.9 Å². The van der Waals surface area contributed by atoms with Gasteiger partial charge in [0.15, 0.2) is 0 Å². The third-order valence-electron chi connectivity index (χ3n) is 4.19. The molecule has 0 amide bonds. The molecule has 0 atom stereocenters. The molecule has 5 heteroatoms. The van der Waals surface area contributed by atoms with E-state index < -0.39 is 4.92 Å². The van der Waals surface area contributed by atoms with E-state index in [1.165, 1.54) is 12.1 Å². The maximum absolute atomic E-state index is 10.9. The van der Waals surface area contributed by atoms with Crippen molar-refractivity contribution in [2.45, 2.75) is 25.7 Å². The molecule has 0 fully saturated rings. The van der Waals surface area contributed by atoms with E-state index in [2.05, 4.69) is 39.0 Å². The lowest BCUT2D eigenvalue weighted by Crippen LogP contribution is -2.00. The Balaban J connectivity index is 2.16. The first-order valence-corrected chi connectivity index (χ1v) is 9.67. The van der Waals surface area contributed by atoms with Crippen molar-refractivity contribution in [2.24, 2.45) is 5.41 Å². The average molecular weight is 388 g/mol. The van der Waals surface area contributed by atoms with Crippen LogP contribution < -0.4 is 0 Å². The van der Waals surface area contributed by atoms with E-state index in [1.807, 2.05) is 30.3 Å². The van der Waals surface area contributed by atoms with Crippen LogP contribution >= 0.6 is 11.8 Å². The number of rotatable bonds is 3. The van der Waals surface area contributed by atoms with Crippen molar-refractivity contribution < 1.29 is 4.92 Å². The molecule has 140 valence electrons. The summed E-state index contributed by atoms with van der Waals surface area (Å²) in [5.74, 6) is 0. The van der Waals surface area contributed by atoms with Gasteiger partial charge in [-0.1, -0.05) is 62.9 Å². The Hall–Kier alpha value is -3.10. The monoisotopic (exact) mass is 388 g/mol. The number of nitrogens with zero attached hydrogens (tertiary/aromatic N) is 2. The zero-order valence-electron chi connectivity index (χ0n) is 16.0. The van der Waals surface area contributed by atoms with Crippen LogP contribution in [0.4, 0.5) is 5.69 Å². The summed E-state index contributed by atoms with van der Waals surface area (Å²) in [6.45, 7) is 6.42. The summed E-state index contributed by atoms with van der Waals surface area (Å²) in [4.78, 5) is 12.6. The van der Waals surface area contributed by atoms with Crippen LogP contribution in [0.15, 0.2) is 76.6 Å². The number of nitro groups is 1. The molecule has 0 spiro atoms. The molecule has 1 aliphatic heterocycles. The standard InChI is InChI=1S/C23H20N2O2S/c1-23(2,3)13-12-18-14-20(19-6-4-5-7-22(19)28-18)21(15-24)16-8-10-17(11-9-16)25(26)27/h4-14H,1-3H3/b13-12+,21-20+. The normalized spacial score (nSPS) is 15.6. The van der Waals surface area contributed by atoms with Crippen LogP contribution in [0.1, 0.15) is 31.9 Å². The van der Waals surface area contributed by atoms with Gasteiger partial charge in [-0.15, -0.1) is 0 Å². The Kier molecular flexibility index (Phi) is 5.53. The van der Waals surface area contributed by atoms with E-state index in [9.17, 15) is 15.4 Å². The summed E-state index contributed by atoms with van der Waals surface area (Å²) >= 11 is 1.67. The quantitative estimate of drug-likeness (QED) is 0.336. The molecule has 2 aromatic carbocycles. The van der Waals surface area contributed by atoms with Gasteiger partial charge in [-0.25, -0.2) is 0 Å². The van der Waals surface area contributed by atoms with Gasteiger partial charge in [-0.2, -0.15) is 5.26 Å². The first kappa shape index (κ1) is 19.7. The minimum atomic E-state index is -0.440. The summed E-state index contributed by atoms with van der Waals surface area (Å²) in [6.07, 6.45) is 6.26. The van der Waals surface area contributed by atoms with Crippen LogP contribution in [0.25, 0.3) is 11.1 Å². The van der Waals surface area contributed by atoms with Crippen LogP contribution in [0, 0.1) is 26.9 Å². The molecule has 0 N–H and O–H groups in total. The topological polar surface area (TPSA) is 66.9 Å². The van der Waals surface area contributed by atoms with E-state index in [0.29, 0.717) is 11.1 Å². The van der Waals surface area contributed by atoms with Gasteiger partial charge < -0.3 is 0 Å². The SMILES string of the molecule is CC(C)(C)/C=C/C1=CC(=C(/C#N)c2ccc([N+](=O)[O-])cc2)/c2ccccc2S1. The number of non-ortho nitro benzene ring substituents is 1. The zero-order valence-corrected chi connectivity index (χ0v) is 16.8. The Labute approximate surface area is 169 Å². The van der Waals surface area contributed by atoms with Crippen LogP contribution in [-0.2, 0) is 0 Å². The number of thioether (sulfide) groups is 1. The maximum atomic E-state index is 10.9. The molecule has 3 rings (SSSR count). The van der Waals surface area contributed by atoms with Gasteiger partial charge >= 0.3 is 0 Å². The van der Waals surface area contributed by atoms with E-state index in [1.54, 1.807) is 23.9 Å². The van der Waals surface area contributed by atoms with E-state index >= 15 is 0 Å². The highest BCUT2D eigenvalue weighted by Gasteiger charge is 2.19. The number of nitriles is 1. The lowest BCUT2D eigenvalue weighted by atomic mass is 9.93. The molecule has 0 radical (unpaired) electrons. The van der Waals surface area contributed by atoms with Crippen LogP contribution in [0.3, 0.4) is 0 Å². The first-order chi connectivity index (χ1) is 13.3. The molecule has 0 unspecified atom stereocenters. The van der Waals surface area contributed by atoms with Gasteiger partial charge in [0, 0.05) is 27.5 Å². The average Bonchev–Trinajstić information content (AvgIpc) is 2.67. The second kappa shape index (κ2) is 7.87. The fraction of sp³-hybridized carbons (Fsp3) is 0.174. The fourth-order valence-corrected chi connectivity index (χ4v) is 3.81. The van der Waals surface area contributed by atoms with Gasteiger partial charge in [0.1, 0.15) is 6.07 Å². The molecule has 0 aromatic heterocycles. The lowest BCUT2D eigenvalue weighted by Gasteiger charge is -2.19. The van der Waals surface area contributed by atoms with Gasteiger partial charge in [-0.05, 0) is 40.8 Å². The molecule has 2 aromatic rings. The second-order valence-electron chi connectivity index (χ2n) is 7.55. The summed E-state index contributed by atoms with van der Waals surface area (Å²) < 4.78 is 0. The van der Waals surface area contributed by atoms with Crippen molar-refractivity contribution in [3.8, 4) is 6.07 Å². The molecule has 0 aliphatic carbocycles. The van der Waals surface area contributed by atoms with Crippen molar-refractivity contribution in [1.29, 1.82) is 5.26 Å². The number of hydrogen-bond donors (Lipinski definition) is 0. The Morgan fingerprint density at radius 2 is 1.82 bits per heavy atom. The summed E-state index contributed by atoms with van der Waals surface area (Å²) in [5.41, 5.74) is 3.06. The van der Waals surface area contributed by atoms with Crippen molar-refractivity contribution in [1.82, 2.24) is 0 Å². The summed E-state index contributed by atoms with van der Waals surface area (Å²) in [6, 6.07) is 16.4. The first-order valence-electron chi connectivity index (χ1n) is 8.86. The third kappa shape index (κ3) is 4.41. The molecule has 0 bridgehead atoms. The molecular formula is C23H20N2O2S. The maximum Gasteiger partial charge on any atom is 0.269 e. The summed E-state index contributed by atoms with van der Waals surface area (Å²) in [7, 11) is 0. The number of allylic oxidation sites excluding steroid dienone is 5. The van der Waals surface area contributed by atoms with Crippen molar-refractivity contribution in [3.63, 3.8) is 0 Å². The molecule has 4 nitrogen and oxygen atoms in total. The fourth-order valence-electron chi connectivity index (χ4n) is 2.81. The van der Waals surface area contributed by atoms with Gasteiger partial charge in [0.2, 0.25) is 0 Å². The van der Waals surface area contributed by atoms with Gasteiger partial charge in [-0.3, -0.25) is 10.1 Å². The Morgan fingerprint density at radius 1 is 1.14 bits per heavy atom. The zero-order chi connectivity index (χ0) is 20.3. The van der Waals surface area contributed by atoms with Crippen molar-refractivity contribution >= 4 is 28.6 Å². The van der Waals surface area contributed by atoms with Crippen LogP contribution in [0.5, 0.6) is 0 Å². The molecular weight excluding hydrogens is 368 g/mol. The lowest BCUT2D eigenvalue weighted by molar-refractivity contribution is -0.384. The highest BCUT2D eigenvalue weighted by molar-refractivity contribution is 8.03. The number of nitro benzene ring substituents is 1. The van der Waals surface area contributed by atoms with E-state index in [4.69, 9.17) is 0 Å². The highest BCUT2D eigenvalue weighted by atomic mass is 32.2. The van der Waals surface area contributed by atoms with Gasteiger partial charge in [0.05, 0.1) is 10.5 Å². The van der Waals surface area contributed by atoms with Crippen LogP contribution in [-0.4, -0.2) is 4.92 Å². The number of benzene rings is 2.